The summed E-state index contributed by atoms with van der Waals surface area (Å²) in [7, 11) is -4.03. The molecule has 0 saturated heterocycles. The molecule has 0 heterocycles. The predicted molar refractivity (Wildman–Crippen MR) is 99.6 cm³/mol. The van der Waals surface area contributed by atoms with Crippen molar-refractivity contribution in [1.82, 2.24) is 0 Å². The fourth-order valence-electron chi connectivity index (χ4n) is 2.47. The summed E-state index contributed by atoms with van der Waals surface area (Å²) in [6.07, 6.45) is 1.54. The van der Waals surface area contributed by atoms with Crippen molar-refractivity contribution in [2.75, 3.05) is 5.43 Å². The largest absolute Gasteiger partial charge is 0.295 e. The third-order valence-corrected chi connectivity index (χ3v) is 4.62. The number of hydrogen-bond acceptors (Lipinski definition) is 6. The third kappa shape index (κ3) is 3.68. The molecule has 0 unspecified atom stereocenters. The molecular weight excluding hydrogens is 356 g/mol. The van der Waals surface area contributed by atoms with Crippen LogP contribution in [0, 0.1) is 10.1 Å². The van der Waals surface area contributed by atoms with Crippen LogP contribution < -0.4 is 10.6 Å². The molecule has 26 heavy (non-hydrogen) atoms. The van der Waals surface area contributed by atoms with Crippen molar-refractivity contribution < 1.29 is 13.3 Å². The maximum atomic E-state index is 11.3. The van der Waals surface area contributed by atoms with E-state index in [1.807, 2.05) is 42.5 Å². The van der Waals surface area contributed by atoms with Crippen LogP contribution in [-0.4, -0.2) is 19.6 Å². The van der Waals surface area contributed by atoms with E-state index in [0.717, 1.165) is 22.4 Å². The van der Waals surface area contributed by atoms with Gasteiger partial charge < -0.3 is 0 Å². The molecule has 0 aliphatic heterocycles. The van der Waals surface area contributed by atoms with E-state index >= 15 is 0 Å². The van der Waals surface area contributed by atoms with Crippen molar-refractivity contribution in [2.24, 2.45) is 10.2 Å². The number of hydrogen-bond donors (Lipinski definition) is 2. The Bertz CT molecular complexity index is 1120. The van der Waals surface area contributed by atoms with Crippen molar-refractivity contribution in [3.8, 4) is 0 Å². The predicted octanol–water partition coefficient (Wildman–Crippen LogP) is 2.84. The van der Waals surface area contributed by atoms with Gasteiger partial charge in [0.05, 0.1) is 16.0 Å². The molecule has 8 nitrogen and oxygen atoms in total. The van der Waals surface area contributed by atoms with Crippen molar-refractivity contribution >= 4 is 38.4 Å². The molecule has 0 bridgehead atoms. The Labute approximate surface area is 149 Å². The molecule has 0 atom stereocenters. The number of primary sulfonamides is 1. The molecule has 0 fully saturated rings. The van der Waals surface area contributed by atoms with Crippen LogP contribution in [0.4, 0.5) is 11.4 Å². The number of hydrazone groups is 1. The second-order valence-electron chi connectivity index (χ2n) is 5.42. The van der Waals surface area contributed by atoms with Crippen LogP contribution in [0.25, 0.3) is 10.8 Å². The first-order valence-electron chi connectivity index (χ1n) is 7.44. The summed E-state index contributed by atoms with van der Waals surface area (Å²) in [5, 5.41) is 22.3. The number of nitro benzene ring substituents is 1. The van der Waals surface area contributed by atoms with Gasteiger partial charge in [-0.05, 0) is 22.9 Å². The quantitative estimate of drug-likeness (QED) is 0.405. The lowest BCUT2D eigenvalue weighted by molar-refractivity contribution is -0.384. The average Bonchev–Trinajstić information content (AvgIpc) is 2.61. The Balaban J connectivity index is 1.91. The summed E-state index contributed by atoms with van der Waals surface area (Å²) in [5.41, 5.74) is 3.03. The molecule has 3 aromatic carbocycles. The van der Waals surface area contributed by atoms with Gasteiger partial charge in [-0.1, -0.05) is 42.5 Å². The van der Waals surface area contributed by atoms with Crippen molar-refractivity contribution in [2.45, 2.75) is 4.90 Å². The number of rotatable bonds is 5. The summed E-state index contributed by atoms with van der Waals surface area (Å²) in [5.74, 6) is 0. The fraction of sp³-hybridized carbons (Fsp3) is 0. The van der Waals surface area contributed by atoms with Gasteiger partial charge in [0.25, 0.3) is 5.69 Å². The first-order chi connectivity index (χ1) is 12.4. The molecular formula is C17H14N4O4S. The lowest BCUT2D eigenvalue weighted by Gasteiger charge is -2.05. The van der Waals surface area contributed by atoms with Crippen LogP contribution >= 0.6 is 0 Å². The van der Waals surface area contributed by atoms with Gasteiger partial charge in [0.15, 0.2) is 0 Å². The van der Waals surface area contributed by atoms with E-state index in [0.29, 0.717) is 0 Å². The normalized spacial score (nSPS) is 11.7. The maximum Gasteiger partial charge on any atom is 0.295 e. The van der Waals surface area contributed by atoms with E-state index in [1.165, 1.54) is 12.1 Å². The van der Waals surface area contributed by atoms with Gasteiger partial charge in [0.1, 0.15) is 5.69 Å². The zero-order chi connectivity index (χ0) is 18.7. The van der Waals surface area contributed by atoms with Gasteiger partial charge in [0, 0.05) is 11.6 Å². The fourth-order valence-corrected chi connectivity index (χ4v) is 3.00. The summed E-state index contributed by atoms with van der Waals surface area (Å²) in [4.78, 5) is 10.1. The van der Waals surface area contributed by atoms with Crippen molar-refractivity contribution in [1.29, 1.82) is 0 Å². The maximum absolute atomic E-state index is 11.3. The molecule has 0 saturated carbocycles. The van der Waals surface area contributed by atoms with E-state index in [2.05, 4.69) is 10.5 Å². The number of nitrogens with one attached hydrogen (secondary N) is 1. The zero-order valence-electron chi connectivity index (χ0n) is 13.4. The highest BCUT2D eigenvalue weighted by molar-refractivity contribution is 7.89. The summed E-state index contributed by atoms with van der Waals surface area (Å²) in [6, 6.07) is 16.8. The standard InChI is InChI=1S/C17H14N4O4S/c18-26(24,25)14-8-9-16(17(10-14)21(22)23)20-19-11-13-6-3-5-12-4-1-2-7-15(12)13/h1-11,20H,(H2,18,24,25)/b19-11+. The summed E-state index contributed by atoms with van der Waals surface area (Å²) < 4.78 is 22.7. The van der Waals surface area contributed by atoms with Gasteiger partial charge in [-0.15, -0.1) is 0 Å². The van der Waals surface area contributed by atoms with Crippen LogP contribution in [0.1, 0.15) is 5.56 Å². The SMILES string of the molecule is NS(=O)(=O)c1ccc(N/N=C/c2cccc3ccccc23)c([N+](=O)[O-])c1. The third-order valence-electron chi connectivity index (χ3n) is 3.71. The second kappa shape index (κ2) is 6.90. The Morgan fingerprint density at radius 3 is 2.54 bits per heavy atom. The molecule has 9 heteroatoms. The summed E-state index contributed by atoms with van der Waals surface area (Å²) in [6.45, 7) is 0. The lowest BCUT2D eigenvalue weighted by Crippen LogP contribution is -2.12. The minimum atomic E-state index is -4.03. The molecule has 0 spiro atoms. The number of sulfonamides is 1. The van der Waals surface area contributed by atoms with Crippen LogP contribution in [0.2, 0.25) is 0 Å². The van der Waals surface area contributed by atoms with Crippen molar-refractivity contribution in [3.63, 3.8) is 0 Å². The first-order valence-corrected chi connectivity index (χ1v) is 8.99. The number of nitrogens with zero attached hydrogens (tertiary/aromatic N) is 2. The summed E-state index contributed by atoms with van der Waals surface area (Å²) >= 11 is 0. The van der Waals surface area contributed by atoms with Crippen molar-refractivity contribution in [3.05, 3.63) is 76.3 Å². The van der Waals surface area contributed by atoms with E-state index in [4.69, 9.17) is 5.14 Å². The van der Waals surface area contributed by atoms with Crippen LogP contribution in [0.5, 0.6) is 0 Å². The van der Waals surface area contributed by atoms with Crippen LogP contribution in [0.3, 0.4) is 0 Å². The molecule has 132 valence electrons. The molecule has 3 N–H and O–H groups in total. The molecule has 3 aromatic rings. The van der Waals surface area contributed by atoms with E-state index in [-0.39, 0.29) is 10.6 Å². The molecule has 0 aromatic heterocycles. The number of nitro groups is 1. The number of benzene rings is 3. The number of fused-ring (bicyclic) bond motifs is 1. The molecule has 0 radical (unpaired) electrons. The van der Waals surface area contributed by atoms with Gasteiger partial charge in [-0.2, -0.15) is 5.10 Å². The van der Waals surface area contributed by atoms with Gasteiger partial charge in [-0.3, -0.25) is 15.5 Å². The number of nitrogens with two attached hydrogens (primary N) is 1. The average molecular weight is 370 g/mol. The molecule has 3 rings (SSSR count). The topological polar surface area (TPSA) is 128 Å². The highest BCUT2D eigenvalue weighted by Crippen LogP contribution is 2.27. The molecule has 0 aliphatic carbocycles. The lowest BCUT2D eigenvalue weighted by atomic mass is 10.1. The van der Waals surface area contributed by atoms with E-state index in [9.17, 15) is 18.5 Å². The second-order valence-corrected chi connectivity index (χ2v) is 6.98. The first kappa shape index (κ1) is 17.5. The van der Waals surface area contributed by atoms with E-state index in [1.54, 1.807) is 6.21 Å². The Morgan fingerprint density at radius 1 is 1.08 bits per heavy atom. The minimum Gasteiger partial charge on any atom is -0.272 e. The molecule has 0 aliphatic rings. The molecule has 0 amide bonds. The van der Waals surface area contributed by atoms with Gasteiger partial charge in [0.2, 0.25) is 10.0 Å². The zero-order valence-corrected chi connectivity index (χ0v) is 14.2. The Kier molecular flexibility index (Phi) is 4.65. The van der Waals surface area contributed by atoms with E-state index < -0.39 is 20.6 Å². The number of anilines is 1. The van der Waals surface area contributed by atoms with Gasteiger partial charge in [-0.25, -0.2) is 13.6 Å². The van der Waals surface area contributed by atoms with Gasteiger partial charge >= 0.3 is 0 Å². The Hall–Kier alpha value is -3.30. The monoisotopic (exact) mass is 370 g/mol. The smallest absolute Gasteiger partial charge is 0.272 e. The highest BCUT2D eigenvalue weighted by Gasteiger charge is 2.18. The van der Waals surface area contributed by atoms with Crippen LogP contribution in [0.15, 0.2) is 70.7 Å². The minimum absolute atomic E-state index is 0.0545. The van der Waals surface area contributed by atoms with Crippen LogP contribution in [-0.2, 0) is 10.0 Å². The Morgan fingerprint density at radius 2 is 1.81 bits per heavy atom. The highest BCUT2D eigenvalue weighted by atomic mass is 32.2.